The molecule has 5 heteroatoms. The van der Waals surface area contributed by atoms with Crippen LogP contribution in [-0.4, -0.2) is 16.6 Å². The number of para-hydroxylation sites is 2. The fraction of sp³-hybridized carbons (Fsp3) is 0.300. The van der Waals surface area contributed by atoms with Crippen molar-refractivity contribution in [1.29, 1.82) is 0 Å². The van der Waals surface area contributed by atoms with Gasteiger partial charge in [0, 0.05) is 12.6 Å². The van der Waals surface area contributed by atoms with Crippen LogP contribution in [0.4, 0.5) is 5.95 Å². The highest BCUT2D eigenvalue weighted by molar-refractivity contribution is 5.71. The van der Waals surface area contributed by atoms with Crippen molar-refractivity contribution in [3.05, 3.63) is 29.5 Å². The van der Waals surface area contributed by atoms with E-state index in [1.807, 2.05) is 13.0 Å². The van der Waals surface area contributed by atoms with Crippen LogP contribution in [-0.2, 0) is 0 Å². The van der Waals surface area contributed by atoms with Gasteiger partial charge in [-0.3, -0.25) is 0 Å². The molecule has 0 aliphatic heterocycles. The van der Waals surface area contributed by atoms with Gasteiger partial charge in [0.25, 0.3) is 11.5 Å². The molecule has 0 radical (unpaired) electrons. The van der Waals surface area contributed by atoms with E-state index in [2.05, 4.69) is 15.4 Å². The van der Waals surface area contributed by atoms with Crippen molar-refractivity contribution in [2.24, 2.45) is 0 Å². The van der Waals surface area contributed by atoms with E-state index in [0.29, 0.717) is 21.8 Å². The van der Waals surface area contributed by atoms with Gasteiger partial charge >= 0.3 is 0 Å². The van der Waals surface area contributed by atoms with E-state index in [4.69, 9.17) is 0 Å². The number of fused-ring (bicyclic) bond motifs is 1. The predicted octanol–water partition coefficient (Wildman–Crippen LogP) is 1.09. The van der Waals surface area contributed by atoms with Crippen LogP contribution in [0.3, 0.4) is 0 Å². The predicted molar refractivity (Wildman–Crippen MR) is 57.3 cm³/mol. The van der Waals surface area contributed by atoms with Crippen LogP contribution < -0.4 is 10.2 Å². The third-order valence-corrected chi connectivity index (χ3v) is 2.03. The van der Waals surface area contributed by atoms with Crippen LogP contribution in [0.5, 0.6) is 0 Å². The number of nitrogens with one attached hydrogen (secondary N) is 1. The molecule has 0 atom stereocenters. The van der Waals surface area contributed by atoms with Crippen LogP contribution in [0.15, 0.2) is 24.3 Å². The number of benzene rings is 1. The molecule has 0 aliphatic carbocycles. The summed E-state index contributed by atoms with van der Waals surface area (Å²) in [4.78, 5) is 4.83. The maximum atomic E-state index is 11.5. The van der Waals surface area contributed by atoms with E-state index < -0.39 is 0 Å². The highest BCUT2D eigenvalue weighted by Gasteiger charge is 2.08. The van der Waals surface area contributed by atoms with Crippen LogP contribution in [0.2, 0.25) is 0 Å². The second kappa shape index (κ2) is 4.08. The topological polar surface area (TPSA) is 64.8 Å². The summed E-state index contributed by atoms with van der Waals surface area (Å²) < 4.78 is 0. The first-order valence-corrected chi connectivity index (χ1v) is 4.92. The molecule has 1 N–H and O–H groups in total. The highest BCUT2D eigenvalue weighted by Crippen LogP contribution is 2.07. The molecule has 1 aromatic carbocycles. The maximum Gasteiger partial charge on any atom is 0.290 e. The van der Waals surface area contributed by atoms with Gasteiger partial charge in [-0.2, -0.15) is 0 Å². The standard InChI is InChI=1S/C10H12N4O/c1-2-7-11-10-12-8-5-3-4-6-9(8)14(15)13-10/h3-6H,2,7H2,1H3,(H,11,12,13). The maximum absolute atomic E-state index is 11.5. The monoisotopic (exact) mass is 204 g/mol. The average Bonchev–Trinajstić information content (AvgIpc) is 2.26. The zero-order valence-electron chi connectivity index (χ0n) is 8.47. The summed E-state index contributed by atoms with van der Waals surface area (Å²) in [6.07, 6.45) is 0.967. The average molecular weight is 204 g/mol. The van der Waals surface area contributed by atoms with Gasteiger partial charge in [-0.25, -0.2) is 4.98 Å². The summed E-state index contributed by atoms with van der Waals surface area (Å²) >= 11 is 0. The molecule has 0 spiro atoms. The smallest absolute Gasteiger partial charge is 0.290 e. The lowest BCUT2D eigenvalue weighted by Gasteiger charge is -2.03. The normalized spacial score (nSPS) is 10.5. The first-order chi connectivity index (χ1) is 7.31. The Bertz CT molecular complexity index is 472. The molecule has 0 amide bonds. The Labute approximate surface area is 87.3 Å². The SMILES string of the molecule is CCCNc1nc2ccccc2[n+]([O-])n1. The zero-order chi connectivity index (χ0) is 10.7. The van der Waals surface area contributed by atoms with Gasteiger partial charge < -0.3 is 10.5 Å². The van der Waals surface area contributed by atoms with Crippen LogP contribution in [0.1, 0.15) is 13.3 Å². The van der Waals surface area contributed by atoms with E-state index in [1.54, 1.807) is 18.2 Å². The van der Waals surface area contributed by atoms with Crippen molar-refractivity contribution in [2.45, 2.75) is 13.3 Å². The van der Waals surface area contributed by atoms with Crippen LogP contribution in [0.25, 0.3) is 11.0 Å². The summed E-state index contributed by atoms with van der Waals surface area (Å²) in [7, 11) is 0. The lowest BCUT2D eigenvalue weighted by Crippen LogP contribution is -2.33. The number of anilines is 1. The molecule has 1 aromatic heterocycles. The zero-order valence-corrected chi connectivity index (χ0v) is 8.47. The molecule has 1 heterocycles. The second-order valence-electron chi connectivity index (χ2n) is 3.22. The van der Waals surface area contributed by atoms with Crippen molar-refractivity contribution in [3.63, 3.8) is 0 Å². The Kier molecular flexibility index (Phi) is 2.62. The summed E-state index contributed by atoms with van der Waals surface area (Å²) in [5, 5.41) is 18.3. The van der Waals surface area contributed by atoms with Gasteiger partial charge in [0.05, 0.1) is 5.10 Å². The van der Waals surface area contributed by atoms with E-state index in [0.717, 1.165) is 13.0 Å². The molecule has 78 valence electrons. The van der Waals surface area contributed by atoms with Gasteiger partial charge in [-0.05, 0) is 17.3 Å². The van der Waals surface area contributed by atoms with Crippen molar-refractivity contribution in [2.75, 3.05) is 11.9 Å². The summed E-state index contributed by atoms with van der Waals surface area (Å²) in [6.45, 7) is 2.80. The van der Waals surface area contributed by atoms with E-state index in [-0.39, 0.29) is 0 Å². The van der Waals surface area contributed by atoms with Gasteiger partial charge in [-0.15, -0.1) is 0 Å². The second-order valence-corrected chi connectivity index (χ2v) is 3.22. The fourth-order valence-electron chi connectivity index (χ4n) is 1.31. The van der Waals surface area contributed by atoms with E-state index in [1.165, 1.54) is 0 Å². The summed E-state index contributed by atoms with van der Waals surface area (Å²) in [6, 6.07) is 7.13. The minimum atomic E-state index is 0.380. The Hall–Kier alpha value is -1.91. The van der Waals surface area contributed by atoms with Gasteiger partial charge in [0.1, 0.15) is 5.52 Å². The van der Waals surface area contributed by atoms with Gasteiger partial charge in [0.2, 0.25) is 0 Å². The Morgan fingerprint density at radius 1 is 1.40 bits per heavy atom. The molecule has 0 saturated carbocycles. The first kappa shape index (κ1) is 9.64. The number of rotatable bonds is 3. The number of hydrogen-bond acceptors (Lipinski definition) is 4. The molecule has 2 rings (SSSR count). The molecule has 2 aromatic rings. The third-order valence-electron chi connectivity index (χ3n) is 2.03. The molecular weight excluding hydrogens is 192 g/mol. The Morgan fingerprint density at radius 3 is 3.00 bits per heavy atom. The first-order valence-electron chi connectivity index (χ1n) is 4.92. The lowest BCUT2D eigenvalue weighted by molar-refractivity contribution is -0.641. The molecule has 15 heavy (non-hydrogen) atoms. The summed E-state index contributed by atoms with van der Waals surface area (Å²) in [5.74, 6) is 0.380. The molecule has 0 unspecified atom stereocenters. The number of hydrogen-bond donors (Lipinski definition) is 1. The fourth-order valence-corrected chi connectivity index (χ4v) is 1.31. The number of aromatic nitrogens is 3. The van der Waals surface area contributed by atoms with Crippen molar-refractivity contribution >= 4 is 17.0 Å². The Balaban J connectivity index is 2.43. The molecule has 0 fully saturated rings. The lowest BCUT2D eigenvalue weighted by atomic mass is 10.3. The molecule has 0 bridgehead atoms. The highest BCUT2D eigenvalue weighted by atomic mass is 16.5. The van der Waals surface area contributed by atoms with Crippen LogP contribution >= 0.6 is 0 Å². The van der Waals surface area contributed by atoms with Crippen LogP contribution in [0, 0.1) is 5.21 Å². The van der Waals surface area contributed by atoms with E-state index >= 15 is 0 Å². The number of nitrogens with zero attached hydrogens (tertiary/aromatic N) is 3. The quantitative estimate of drug-likeness (QED) is 0.600. The van der Waals surface area contributed by atoms with Crippen molar-refractivity contribution < 1.29 is 4.85 Å². The van der Waals surface area contributed by atoms with Gasteiger partial charge in [-0.1, -0.05) is 19.1 Å². The third kappa shape index (κ3) is 1.96. The largest absolute Gasteiger partial charge is 0.594 e. The molecular formula is C10H12N4O. The molecule has 0 saturated heterocycles. The summed E-state index contributed by atoms with van der Waals surface area (Å²) in [5.41, 5.74) is 1.14. The van der Waals surface area contributed by atoms with E-state index in [9.17, 15) is 5.21 Å². The van der Waals surface area contributed by atoms with Crippen molar-refractivity contribution in [3.8, 4) is 0 Å². The van der Waals surface area contributed by atoms with Crippen molar-refractivity contribution in [1.82, 2.24) is 10.1 Å². The molecule has 0 aliphatic rings. The minimum Gasteiger partial charge on any atom is -0.594 e. The Morgan fingerprint density at radius 2 is 2.20 bits per heavy atom. The minimum absolute atomic E-state index is 0.380. The van der Waals surface area contributed by atoms with Gasteiger partial charge in [0.15, 0.2) is 0 Å². The molecule has 5 nitrogen and oxygen atoms in total.